The highest BCUT2D eigenvalue weighted by Gasteiger charge is 1.93. The first-order valence-corrected chi connectivity index (χ1v) is 5.48. The summed E-state index contributed by atoms with van der Waals surface area (Å²) in [7, 11) is -2.87. The van der Waals surface area contributed by atoms with Crippen LogP contribution < -0.4 is 22.1 Å². The van der Waals surface area contributed by atoms with Gasteiger partial charge in [0.2, 0.25) is 0 Å². The Hall–Kier alpha value is -0.140. The molecule has 0 aliphatic heterocycles. The Balaban J connectivity index is 0. The second kappa shape index (κ2) is 15.3. The maximum Gasteiger partial charge on any atom is 0.692 e. The van der Waals surface area contributed by atoms with Crippen molar-refractivity contribution in [3.8, 4) is 0 Å². The van der Waals surface area contributed by atoms with Crippen LogP contribution in [0.3, 0.4) is 0 Å². The molecular weight excluding hydrogens is 207 g/mol. The van der Waals surface area contributed by atoms with Gasteiger partial charge in [-0.25, -0.2) is 0 Å². The van der Waals surface area contributed by atoms with E-state index in [0.717, 1.165) is 26.2 Å². The summed E-state index contributed by atoms with van der Waals surface area (Å²) >= 11 is 0. The molecule has 0 aliphatic rings. The molecule has 0 radical (unpaired) electrons. The van der Waals surface area contributed by atoms with Crippen LogP contribution in [0.25, 0.3) is 0 Å². The van der Waals surface area contributed by atoms with Crippen LogP contribution in [0.1, 0.15) is 0 Å². The number of hydrogen-bond acceptors (Lipinski definition) is 5. The van der Waals surface area contributed by atoms with Crippen molar-refractivity contribution in [2.75, 3.05) is 39.3 Å². The van der Waals surface area contributed by atoms with Crippen molar-refractivity contribution in [1.82, 2.24) is 10.6 Å². The zero-order valence-electron chi connectivity index (χ0n) is 8.15. The van der Waals surface area contributed by atoms with Gasteiger partial charge < -0.3 is 22.1 Å². The van der Waals surface area contributed by atoms with Crippen LogP contribution in [0.5, 0.6) is 0 Å². The Morgan fingerprint density at radius 3 is 1.43 bits per heavy atom. The van der Waals surface area contributed by atoms with E-state index >= 15 is 0 Å². The average molecular weight is 227 g/mol. The highest BCUT2D eigenvalue weighted by atomic mass is 31.1. The van der Waals surface area contributed by atoms with E-state index in [1.54, 1.807) is 0 Å². The molecule has 0 rings (SSSR count). The summed E-state index contributed by atoms with van der Waals surface area (Å²) in [5.41, 5.74) is 10.5. The van der Waals surface area contributed by atoms with Gasteiger partial charge in [0.15, 0.2) is 0 Å². The van der Waals surface area contributed by atoms with E-state index in [2.05, 4.69) is 10.6 Å². The van der Waals surface area contributed by atoms with Gasteiger partial charge in [-0.2, -0.15) is 0 Å². The minimum Gasteiger partial charge on any atom is -0.329 e. The van der Waals surface area contributed by atoms with E-state index in [1.807, 2.05) is 0 Å². The molecule has 86 valence electrons. The van der Waals surface area contributed by atoms with Gasteiger partial charge in [-0.1, -0.05) is 0 Å². The Morgan fingerprint density at radius 1 is 0.929 bits per heavy atom. The lowest BCUT2D eigenvalue weighted by atomic mass is 10.5. The SMILES string of the molecule is NCCNCCNCCN.O=[P+](O)O. The maximum atomic E-state index is 8.70. The van der Waals surface area contributed by atoms with Crippen LogP contribution in [0.2, 0.25) is 0 Å². The normalized spacial score (nSPS) is 9.14. The van der Waals surface area contributed by atoms with Gasteiger partial charge in [-0.15, -0.1) is 9.79 Å². The first-order valence-electron chi connectivity index (χ1n) is 4.31. The molecule has 0 bridgehead atoms. The Morgan fingerprint density at radius 2 is 1.21 bits per heavy atom. The highest BCUT2D eigenvalue weighted by Crippen LogP contribution is 1.98. The summed E-state index contributed by atoms with van der Waals surface area (Å²) in [4.78, 5) is 14.2. The topological polar surface area (TPSA) is 134 Å². The highest BCUT2D eigenvalue weighted by molar-refractivity contribution is 7.30. The number of hydrogen-bond donors (Lipinski definition) is 6. The number of rotatable bonds is 7. The van der Waals surface area contributed by atoms with Gasteiger partial charge in [0, 0.05) is 43.8 Å². The third kappa shape index (κ3) is 29.7. The van der Waals surface area contributed by atoms with Crippen molar-refractivity contribution in [2.45, 2.75) is 0 Å². The first-order chi connectivity index (χ1) is 6.65. The van der Waals surface area contributed by atoms with Crippen LogP contribution in [0.15, 0.2) is 0 Å². The fourth-order valence-corrected chi connectivity index (χ4v) is 0.631. The lowest BCUT2D eigenvalue weighted by Crippen LogP contribution is -2.32. The molecule has 0 unspecified atom stereocenters. The lowest BCUT2D eigenvalue weighted by Gasteiger charge is -2.03. The summed E-state index contributed by atoms with van der Waals surface area (Å²) in [6, 6.07) is 0. The van der Waals surface area contributed by atoms with Crippen molar-refractivity contribution in [2.24, 2.45) is 11.5 Å². The van der Waals surface area contributed by atoms with Gasteiger partial charge >= 0.3 is 8.25 Å². The van der Waals surface area contributed by atoms with Crippen molar-refractivity contribution >= 4 is 8.25 Å². The average Bonchev–Trinajstić information content (AvgIpc) is 2.10. The Bertz CT molecular complexity index is 116. The molecule has 0 saturated heterocycles. The van der Waals surface area contributed by atoms with Gasteiger partial charge in [-0.3, -0.25) is 0 Å². The van der Waals surface area contributed by atoms with Crippen LogP contribution in [-0.2, 0) is 4.57 Å². The zero-order chi connectivity index (χ0) is 11.2. The molecule has 0 atom stereocenters. The van der Waals surface area contributed by atoms with Crippen LogP contribution in [0.4, 0.5) is 0 Å². The first kappa shape index (κ1) is 16.3. The quantitative estimate of drug-likeness (QED) is 0.213. The van der Waals surface area contributed by atoms with E-state index in [1.165, 1.54) is 0 Å². The summed E-state index contributed by atoms with van der Waals surface area (Å²) in [5, 5.41) is 6.33. The molecule has 8 N–H and O–H groups in total. The molecular formula is C6H20N4O3P+. The molecule has 0 saturated carbocycles. The largest absolute Gasteiger partial charge is 0.692 e. The van der Waals surface area contributed by atoms with Gasteiger partial charge in [0.25, 0.3) is 0 Å². The maximum absolute atomic E-state index is 8.70. The van der Waals surface area contributed by atoms with E-state index in [0.29, 0.717) is 13.1 Å². The van der Waals surface area contributed by atoms with Crippen molar-refractivity contribution in [3.63, 3.8) is 0 Å². The predicted octanol–water partition coefficient (Wildman–Crippen LogP) is -2.29. The van der Waals surface area contributed by atoms with Gasteiger partial charge in [-0.05, 0) is 0 Å². The molecule has 0 heterocycles. The standard InChI is InChI=1S/C6H18N4.HO3P/c7-1-3-9-5-6-10-4-2-8;1-4(2)3/h9-10H,1-8H2;(H-,1,2,3)/p+1. The van der Waals surface area contributed by atoms with E-state index < -0.39 is 8.25 Å². The summed E-state index contributed by atoms with van der Waals surface area (Å²) in [5.74, 6) is 0. The molecule has 14 heavy (non-hydrogen) atoms. The fourth-order valence-electron chi connectivity index (χ4n) is 0.631. The monoisotopic (exact) mass is 227 g/mol. The Labute approximate surface area is 84.8 Å². The minimum absolute atomic E-state index is 0.705. The van der Waals surface area contributed by atoms with Gasteiger partial charge in [0.05, 0.1) is 0 Å². The Kier molecular flexibility index (Phi) is 17.9. The summed E-state index contributed by atoms with van der Waals surface area (Å²) in [6.45, 7) is 5.14. The predicted molar refractivity (Wildman–Crippen MR) is 55.9 cm³/mol. The lowest BCUT2D eigenvalue weighted by molar-refractivity contribution is 0.405. The molecule has 7 nitrogen and oxygen atoms in total. The molecule has 0 amide bonds. The van der Waals surface area contributed by atoms with E-state index in [-0.39, 0.29) is 0 Å². The van der Waals surface area contributed by atoms with Crippen LogP contribution in [-0.4, -0.2) is 49.1 Å². The second-order valence-electron chi connectivity index (χ2n) is 2.33. The van der Waals surface area contributed by atoms with Crippen molar-refractivity contribution in [1.29, 1.82) is 0 Å². The second-order valence-corrected chi connectivity index (χ2v) is 2.84. The van der Waals surface area contributed by atoms with E-state index in [4.69, 9.17) is 25.8 Å². The zero-order valence-corrected chi connectivity index (χ0v) is 9.04. The molecule has 8 heteroatoms. The molecule has 0 aromatic heterocycles. The molecule has 0 spiro atoms. The number of nitrogens with two attached hydrogens (primary N) is 2. The third-order valence-corrected chi connectivity index (χ3v) is 1.12. The van der Waals surface area contributed by atoms with Crippen molar-refractivity contribution in [3.05, 3.63) is 0 Å². The van der Waals surface area contributed by atoms with E-state index in [9.17, 15) is 0 Å². The third-order valence-electron chi connectivity index (χ3n) is 1.12. The fraction of sp³-hybridized carbons (Fsp3) is 1.00. The molecule has 0 aromatic rings. The van der Waals surface area contributed by atoms with Gasteiger partial charge in [0.1, 0.15) is 0 Å². The van der Waals surface area contributed by atoms with Crippen LogP contribution in [0, 0.1) is 0 Å². The smallest absolute Gasteiger partial charge is 0.329 e. The van der Waals surface area contributed by atoms with Crippen LogP contribution >= 0.6 is 8.25 Å². The summed E-state index contributed by atoms with van der Waals surface area (Å²) in [6.07, 6.45) is 0. The summed E-state index contributed by atoms with van der Waals surface area (Å²) < 4.78 is 8.70. The molecule has 0 fully saturated rings. The minimum atomic E-state index is -2.87. The van der Waals surface area contributed by atoms with Crippen molar-refractivity contribution < 1.29 is 14.4 Å². The molecule has 0 aromatic carbocycles. The number of nitrogens with one attached hydrogen (secondary N) is 2. The molecule has 0 aliphatic carbocycles.